The fourth-order valence-corrected chi connectivity index (χ4v) is 3.03. The number of ether oxygens (including phenoxy) is 1. The Hall–Kier alpha value is -1.39. The molecule has 2 rings (SSSR count). The van der Waals surface area contributed by atoms with E-state index in [1.54, 1.807) is 6.92 Å². The summed E-state index contributed by atoms with van der Waals surface area (Å²) in [4.78, 5) is 14.0. The highest BCUT2D eigenvalue weighted by atomic mass is 16.5. The average molecular weight is 290 g/mol. The molecule has 0 aromatic heterocycles. The lowest BCUT2D eigenvalue weighted by molar-refractivity contribution is 0.101. The zero-order valence-electron chi connectivity index (χ0n) is 13.5. The molecule has 1 aliphatic rings. The van der Waals surface area contributed by atoms with Gasteiger partial charge >= 0.3 is 0 Å². The molecule has 4 heteroatoms. The summed E-state index contributed by atoms with van der Waals surface area (Å²) in [6, 6.07) is 6.72. The van der Waals surface area contributed by atoms with Crippen LogP contribution < -0.4 is 10.1 Å². The Kier molecular flexibility index (Phi) is 5.37. The molecule has 0 aliphatic carbocycles. The number of rotatable bonds is 5. The smallest absolute Gasteiger partial charge is 0.159 e. The second-order valence-electron chi connectivity index (χ2n) is 5.97. The van der Waals surface area contributed by atoms with Gasteiger partial charge in [-0.05, 0) is 45.9 Å². The topological polar surface area (TPSA) is 41.6 Å². The lowest BCUT2D eigenvalue weighted by Gasteiger charge is -2.36. The lowest BCUT2D eigenvalue weighted by atomic mass is 10.0. The van der Waals surface area contributed by atoms with Crippen LogP contribution in [0.4, 0.5) is 0 Å². The van der Waals surface area contributed by atoms with E-state index in [9.17, 15) is 4.79 Å². The Morgan fingerprint density at radius 2 is 2.00 bits per heavy atom. The minimum absolute atomic E-state index is 0.0985. The van der Waals surface area contributed by atoms with Gasteiger partial charge in [0.1, 0.15) is 5.75 Å². The molecular formula is C17H26N2O2. The van der Waals surface area contributed by atoms with Gasteiger partial charge in [-0.25, -0.2) is 0 Å². The molecule has 2 unspecified atom stereocenters. The highest BCUT2D eigenvalue weighted by Crippen LogP contribution is 2.23. The van der Waals surface area contributed by atoms with E-state index in [-0.39, 0.29) is 5.78 Å². The van der Waals surface area contributed by atoms with Crippen molar-refractivity contribution in [2.75, 3.05) is 19.7 Å². The molecule has 2 atom stereocenters. The summed E-state index contributed by atoms with van der Waals surface area (Å²) in [5.41, 5.74) is 1.86. The van der Waals surface area contributed by atoms with Crippen LogP contribution in [-0.4, -0.2) is 42.5 Å². The number of carbonyl (C=O) groups excluding carboxylic acids is 1. The summed E-state index contributed by atoms with van der Waals surface area (Å²) in [5.74, 6) is 0.989. The molecular weight excluding hydrogens is 264 g/mol. The largest absolute Gasteiger partial charge is 0.494 e. The highest BCUT2D eigenvalue weighted by Gasteiger charge is 2.22. The first-order chi connectivity index (χ1) is 9.99. The molecule has 1 saturated heterocycles. The molecule has 0 spiro atoms. The number of hydrogen-bond donors (Lipinski definition) is 1. The van der Waals surface area contributed by atoms with E-state index in [0.29, 0.717) is 18.7 Å². The van der Waals surface area contributed by atoms with Crippen LogP contribution in [0.15, 0.2) is 18.2 Å². The molecule has 0 saturated carbocycles. The molecule has 21 heavy (non-hydrogen) atoms. The summed E-state index contributed by atoms with van der Waals surface area (Å²) < 4.78 is 5.71. The second kappa shape index (κ2) is 7.05. The van der Waals surface area contributed by atoms with Crippen LogP contribution in [0.5, 0.6) is 5.75 Å². The maximum Gasteiger partial charge on any atom is 0.159 e. The summed E-state index contributed by atoms with van der Waals surface area (Å²) in [7, 11) is 0. The number of piperazine rings is 1. The molecule has 0 radical (unpaired) electrons. The predicted octanol–water partition coefficient (Wildman–Crippen LogP) is 2.47. The van der Waals surface area contributed by atoms with Gasteiger partial charge in [-0.2, -0.15) is 0 Å². The van der Waals surface area contributed by atoms with Gasteiger partial charge in [-0.15, -0.1) is 0 Å². The number of Topliss-reactive ketones (excluding diaryl/α,β-unsaturated/α-hetero) is 1. The van der Waals surface area contributed by atoms with Crippen molar-refractivity contribution >= 4 is 5.78 Å². The van der Waals surface area contributed by atoms with Crippen molar-refractivity contribution in [2.24, 2.45) is 0 Å². The van der Waals surface area contributed by atoms with E-state index in [1.165, 1.54) is 0 Å². The van der Waals surface area contributed by atoms with Gasteiger partial charge in [0.15, 0.2) is 5.78 Å². The second-order valence-corrected chi connectivity index (χ2v) is 5.97. The fourth-order valence-electron chi connectivity index (χ4n) is 3.03. The standard InChI is InChI=1S/C17H26N2O2/c1-5-21-17-7-6-15(14(4)20)8-16(17)11-19-9-12(2)18-13(3)10-19/h6-8,12-13,18H,5,9-11H2,1-4H3. The minimum Gasteiger partial charge on any atom is -0.494 e. The van der Waals surface area contributed by atoms with Gasteiger partial charge in [-0.3, -0.25) is 9.69 Å². The normalized spacial score (nSPS) is 23.0. The average Bonchev–Trinajstić information content (AvgIpc) is 2.39. The molecule has 0 amide bonds. The van der Waals surface area contributed by atoms with Crippen LogP contribution in [-0.2, 0) is 6.54 Å². The van der Waals surface area contributed by atoms with Crippen molar-refractivity contribution in [2.45, 2.75) is 46.3 Å². The first-order valence-corrected chi connectivity index (χ1v) is 7.74. The molecule has 1 N–H and O–H groups in total. The third kappa shape index (κ3) is 4.29. The molecule has 116 valence electrons. The quantitative estimate of drug-likeness (QED) is 0.846. The Bertz CT molecular complexity index is 492. The molecule has 1 fully saturated rings. The highest BCUT2D eigenvalue weighted by molar-refractivity contribution is 5.94. The molecule has 1 aliphatic heterocycles. The van der Waals surface area contributed by atoms with Crippen molar-refractivity contribution < 1.29 is 9.53 Å². The SMILES string of the molecule is CCOc1ccc(C(C)=O)cc1CN1CC(C)NC(C)C1. The van der Waals surface area contributed by atoms with E-state index < -0.39 is 0 Å². The van der Waals surface area contributed by atoms with E-state index in [4.69, 9.17) is 4.74 Å². The van der Waals surface area contributed by atoms with Gasteiger partial charge < -0.3 is 10.1 Å². The Balaban J connectivity index is 2.19. The van der Waals surface area contributed by atoms with Crippen molar-refractivity contribution in [3.63, 3.8) is 0 Å². The van der Waals surface area contributed by atoms with Gasteiger partial charge in [0.2, 0.25) is 0 Å². The maximum absolute atomic E-state index is 11.6. The van der Waals surface area contributed by atoms with E-state index in [2.05, 4.69) is 24.1 Å². The summed E-state index contributed by atoms with van der Waals surface area (Å²) >= 11 is 0. The third-order valence-corrected chi connectivity index (χ3v) is 3.79. The molecule has 1 aromatic carbocycles. The maximum atomic E-state index is 11.6. The van der Waals surface area contributed by atoms with Crippen LogP contribution in [0.3, 0.4) is 0 Å². The first-order valence-electron chi connectivity index (χ1n) is 7.74. The van der Waals surface area contributed by atoms with E-state index in [0.717, 1.165) is 36.5 Å². The first kappa shape index (κ1) is 16.0. The zero-order valence-corrected chi connectivity index (χ0v) is 13.5. The fraction of sp³-hybridized carbons (Fsp3) is 0.588. The van der Waals surface area contributed by atoms with Gasteiger partial charge in [0.25, 0.3) is 0 Å². The van der Waals surface area contributed by atoms with E-state index in [1.807, 2.05) is 25.1 Å². The molecule has 1 aromatic rings. The molecule has 0 bridgehead atoms. The number of nitrogens with zero attached hydrogens (tertiary/aromatic N) is 1. The number of benzene rings is 1. The Labute approximate surface area is 127 Å². The number of carbonyl (C=O) groups is 1. The van der Waals surface area contributed by atoms with Gasteiger partial charge in [0, 0.05) is 42.8 Å². The van der Waals surface area contributed by atoms with Crippen molar-refractivity contribution in [1.82, 2.24) is 10.2 Å². The zero-order chi connectivity index (χ0) is 15.4. The molecule has 1 heterocycles. The Morgan fingerprint density at radius 3 is 2.57 bits per heavy atom. The Morgan fingerprint density at radius 1 is 1.33 bits per heavy atom. The third-order valence-electron chi connectivity index (χ3n) is 3.79. The van der Waals surface area contributed by atoms with Crippen LogP contribution >= 0.6 is 0 Å². The van der Waals surface area contributed by atoms with Gasteiger partial charge in [-0.1, -0.05) is 0 Å². The summed E-state index contributed by atoms with van der Waals surface area (Å²) in [6.07, 6.45) is 0. The van der Waals surface area contributed by atoms with Crippen molar-refractivity contribution in [1.29, 1.82) is 0 Å². The minimum atomic E-state index is 0.0985. The van der Waals surface area contributed by atoms with Crippen LogP contribution in [0.25, 0.3) is 0 Å². The van der Waals surface area contributed by atoms with Crippen LogP contribution in [0, 0.1) is 0 Å². The van der Waals surface area contributed by atoms with Crippen LogP contribution in [0.1, 0.15) is 43.6 Å². The predicted molar refractivity (Wildman–Crippen MR) is 85.0 cm³/mol. The number of ketones is 1. The van der Waals surface area contributed by atoms with E-state index >= 15 is 0 Å². The lowest BCUT2D eigenvalue weighted by Crippen LogP contribution is -2.53. The van der Waals surface area contributed by atoms with Crippen molar-refractivity contribution in [3.05, 3.63) is 29.3 Å². The van der Waals surface area contributed by atoms with Crippen molar-refractivity contribution in [3.8, 4) is 5.75 Å². The van der Waals surface area contributed by atoms with Gasteiger partial charge in [0.05, 0.1) is 6.61 Å². The number of nitrogens with one attached hydrogen (secondary N) is 1. The van der Waals surface area contributed by atoms with Crippen LogP contribution in [0.2, 0.25) is 0 Å². The molecule has 4 nitrogen and oxygen atoms in total. The monoisotopic (exact) mass is 290 g/mol. The summed E-state index contributed by atoms with van der Waals surface area (Å²) in [6.45, 7) is 11.5. The summed E-state index contributed by atoms with van der Waals surface area (Å²) in [5, 5.41) is 3.54. The number of hydrogen-bond acceptors (Lipinski definition) is 4.